The molecule has 8 heteroatoms. The van der Waals surface area contributed by atoms with Crippen molar-refractivity contribution in [1.82, 2.24) is 14.8 Å². The molecule has 6 nitrogen and oxygen atoms in total. The van der Waals surface area contributed by atoms with Crippen LogP contribution in [0.1, 0.15) is 6.92 Å². The third-order valence-electron chi connectivity index (χ3n) is 3.10. The average Bonchev–Trinajstić information content (AvgIpc) is 2.87. The van der Waals surface area contributed by atoms with Crippen molar-refractivity contribution in [3.63, 3.8) is 0 Å². The molecule has 2 aromatic heterocycles. The maximum atomic E-state index is 12.2. The van der Waals surface area contributed by atoms with Crippen molar-refractivity contribution in [3.8, 4) is 5.69 Å². The summed E-state index contributed by atoms with van der Waals surface area (Å²) in [6.45, 7) is 1.62. The highest BCUT2D eigenvalue weighted by Crippen LogP contribution is 2.26. The summed E-state index contributed by atoms with van der Waals surface area (Å²) in [6.07, 6.45) is 6.43. The quantitative estimate of drug-likeness (QED) is 0.801. The standard InChI is InChI=1S/C13H15ClN4O2S/c1-9(21(3)20)13(19)17(2)11-8-18(16-12(11)14)10-5-4-6-15-7-10/h4-9H,1-3H3. The Morgan fingerprint density at radius 1 is 1.57 bits per heavy atom. The molecule has 2 aromatic rings. The number of carbonyl (C=O) groups is 1. The van der Waals surface area contributed by atoms with Gasteiger partial charge in [0.2, 0.25) is 0 Å². The smallest absolute Gasteiger partial charge is 0.279 e. The zero-order chi connectivity index (χ0) is 15.6. The van der Waals surface area contributed by atoms with Gasteiger partial charge in [-0.25, -0.2) is 4.68 Å². The second-order valence-electron chi connectivity index (χ2n) is 4.50. The van der Waals surface area contributed by atoms with Gasteiger partial charge in [0.05, 0.1) is 24.3 Å². The van der Waals surface area contributed by atoms with E-state index in [1.807, 2.05) is 6.07 Å². The molecule has 0 radical (unpaired) electrons. The van der Waals surface area contributed by atoms with Gasteiger partial charge in [0.15, 0.2) is 10.4 Å². The van der Waals surface area contributed by atoms with Gasteiger partial charge in [0.1, 0.15) is 5.69 Å². The first-order valence-corrected chi connectivity index (χ1v) is 8.17. The van der Waals surface area contributed by atoms with Crippen molar-refractivity contribution in [2.45, 2.75) is 12.2 Å². The summed E-state index contributed by atoms with van der Waals surface area (Å²) >= 11 is 4.85. The number of pyridine rings is 1. The molecular formula is C13H15ClN4O2S. The van der Waals surface area contributed by atoms with Crippen LogP contribution >= 0.6 is 11.6 Å². The maximum Gasteiger partial charge on any atom is 0.279 e. The highest BCUT2D eigenvalue weighted by molar-refractivity contribution is 7.92. The molecule has 2 heterocycles. The van der Waals surface area contributed by atoms with E-state index in [1.54, 1.807) is 43.3 Å². The Labute approximate surface area is 130 Å². The molecule has 0 saturated heterocycles. The number of rotatable bonds is 4. The van der Waals surface area contributed by atoms with E-state index in [-0.39, 0.29) is 11.1 Å². The van der Waals surface area contributed by atoms with Crippen LogP contribution < -0.4 is 4.90 Å². The summed E-state index contributed by atoms with van der Waals surface area (Å²) in [6, 6.07) is 3.60. The lowest BCUT2D eigenvalue weighted by Crippen LogP contribution is -2.38. The van der Waals surface area contributed by atoms with Gasteiger partial charge < -0.3 is 9.45 Å². The summed E-state index contributed by atoms with van der Waals surface area (Å²) in [5.74, 6) is -0.275. The second kappa shape index (κ2) is 6.46. The molecule has 1 amide bonds. The van der Waals surface area contributed by atoms with Crippen LogP contribution in [0, 0.1) is 0 Å². The molecule has 112 valence electrons. The predicted molar refractivity (Wildman–Crippen MR) is 83.3 cm³/mol. The molecule has 0 N–H and O–H groups in total. The van der Waals surface area contributed by atoms with E-state index < -0.39 is 16.4 Å². The Bertz CT molecular complexity index is 632. The summed E-state index contributed by atoms with van der Waals surface area (Å²) in [5, 5.41) is 3.75. The molecule has 2 unspecified atom stereocenters. The molecule has 2 atom stereocenters. The summed E-state index contributed by atoms with van der Waals surface area (Å²) in [7, 11) is 1.59. The van der Waals surface area contributed by atoms with Gasteiger partial charge in [-0.15, -0.1) is 0 Å². The Morgan fingerprint density at radius 3 is 2.86 bits per heavy atom. The van der Waals surface area contributed by atoms with Crippen LogP contribution in [0.2, 0.25) is 5.15 Å². The molecular weight excluding hydrogens is 312 g/mol. The minimum atomic E-state index is -1.24. The van der Waals surface area contributed by atoms with Gasteiger partial charge in [-0.05, 0) is 30.2 Å². The van der Waals surface area contributed by atoms with Crippen molar-refractivity contribution >= 4 is 34.4 Å². The van der Waals surface area contributed by atoms with Crippen molar-refractivity contribution in [1.29, 1.82) is 0 Å². The Hall–Kier alpha value is -1.57. The largest absolute Gasteiger partial charge is 0.616 e. The zero-order valence-electron chi connectivity index (χ0n) is 11.9. The predicted octanol–water partition coefficient (Wildman–Crippen LogP) is 1.65. The number of hydrogen-bond donors (Lipinski definition) is 0. The number of aromatic nitrogens is 3. The van der Waals surface area contributed by atoms with Crippen LogP contribution in [0.15, 0.2) is 30.7 Å². The fraction of sp³-hybridized carbons (Fsp3) is 0.308. The summed E-state index contributed by atoms with van der Waals surface area (Å²) in [5.41, 5.74) is 1.20. The van der Waals surface area contributed by atoms with Gasteiger partial charge in [0.25, 0.3) is 5.91 Å². The number of carbonyl (C=O) groups excluding carboxylic acids is 1. The fourth-order valence-electron chi connectivity index (χ4n) is 1.72. The van der Waals surface area contributed by atoms with Crippen molar-refractivity contribution in [3.05, 3.63) is 35.9 Å². The lowest BCUT2D eigenvalue weighted by Gasteiger charge is -2.20. The van der Waals surface area contributed by atoms with Crippen molar-refractivity contribution in [2.75, 3.05) is 18.2 Å². The third kappa shape index (κ3) is 3.37. The SMILES string of the molecule is CC(C(=O)N(C)c1cn(-c2cccnc2)nc1Cl)[S+](C)[O-]. The molecule has 0 aliphatic heterocycles. The first kappa shape index (κ1) is 15.8. The van der Waals surface area contributed by atoms with E-state index >= 15 is 0 Å². The van der Waals surface area contributed by atoms with Crippen LogP contribution in [0.5, 0.6) is 0 Å². The highest BCUT2D eigenvalue weighted by Gasteiger charge is 2.28. The normalized spacial score (nSPS) is 13.8. The minimum Gasteiger partial charge on any atom is -0.616 e. The topological polar surface area (TPSA) is 74.1 Å². The first-order valence-electron chi connectivity index (χ1n) is 6.17. The Kier molecular flexibility index (Phi) is 4.87. The van der Waals surface area contributed by atoms with Crippen LogP contribution in [-0.4, -0.2) is 43.8 Å². The van der Waals surface area contributed by atoms with Crippen LogP contribution in [0.4, 0.5) is 5.69 Å². The van der Waals surface area contributed by atoms with E-state index in [4.69, 9.17) is 11.6 Å². The number of nitrogens with zero attached hydrogens (tertiary/aromatic N) is 4. The molecule has 0 aromatic carbocycles. The number of halogens is 1. The van der Waals surface area contributed by atoms with E-state index in [9.17, 15) is 9.35 Å². The highest BCUT2D eigenvalue weighted by atomic mass is 35.5. The molecule has 21 heavy (non-hydrogen) atoms. The van der Waals surface area contributed by atoms with E-state index in [1.165, 1.54) is 11.2 Å². The van der Waals surface area contributed by atoms with Gasteiger partial charge in [-0.1, -0.05) is 11.6 Å². The number of amides is 1. The molecule has 0 aliphatic rings. The lowest BCUT2D eigenvalue weighted by atomic mass is 10.3. The van der Waals surface area contributed by atoms with Crippen LogP contribution in [-0.2, 0) is 16.0 Å². The number of anilines is 1. The van der Waals surface area contributed by atoms with Gasteiger partial charge >= 0.3 is 0 Å². The second-order valence-corrected chi connectivity index (χ2v) is 6.56. The van der Waals surface area contributed by atoms with Crippen molar-refractivity contribution < 1.29 is 9.35 Å². The van der Waals surface area contributed by atoms with E-state index in [2.05, 4.69) is 10.1 Å². The molecule has 0 fully saturated rings. The molecule has 0 spiro atoms. The Balaban J connectivity index is 2.29. The monoisotopic (exact) mass is 326 g/mol. The minimum absolute atomic E-state index is 0.198. The van der Waals surface area contributed by atoms with Gasteiger partial charge in [-0.2, -0.15) is 5.10 Å². The van der Waals surface area contributed by atoms with Crippen molar-refractivity contribution in [2.24, 2.45) is 0 Å². The lowest BCUT2D eigenvalue weighted by molar-refractivity contribution is -0.117. The van der Waals surface area contributed by atoms with E-state index in [0.717, 1.165) is 5.69 Å². The first-order chi connectivity index (χ1) is 9.91. The third-order valence-corrected chi connectivity index (χ3v) is 4.57. The zero-order valence-corrected chi connectivity index (χ0v) is 13.4. The van der Waals surface area contributed by atoms with E-state index in [0.29, 0.717) is 5.69 Å². The van der Waals surface area contributed by atoms with Gasteiger partial charge in [-0.3, -0.25) is 9.78 Å². The summed E-state index contributed by atoms with van der Waals surface area (Å²) < 4.78 is 13.0. The fourth-order valence-corrected chi connectivity index (χ4v) is 2.42. The van der Waals surface area contributed by atoms with Gasteiger partial charge in [0, 0.05) is 13.2 Å². The molecule has 0 saturated carbocycles. The average molecular weight is 327 g/mol. The molecule has 0 aliphatic carbocycles. The molecule has 2 rings (SSSR count). The summed E-state index contributed by atoms with van der Waals surface area (Å²) in [4.78, 5) is 17.6. The van der Waals surface area contributed by atoms with Crippen LogP contribution in [0.3, 0.4) is 0 Å². The Morgan fingerprint density at radius 2 is 2.29 bits per heavy atom. The van der Waals surface area contributed by atoms with Crippen LogP contribution in [0.25, 0.3) is 5.69 Å². The maximum absolute atomic E-state index is 12.2. The molecule has 0 bridgehead atoms. The number of hydrogen-bond acceptors (Lipinski definition) is 4.